The van der Waals surface area contributed by atoms with Gasteiger partial charge in [0.05, 0.1) is 23.0 Å². The number of carbonyl (C=O) groups excluding carboxylic acids is 1. The Bertz CT molecular complexity index is 2130. The van der Waals surface area contributed by atoms with Crippen molar-refractivity contribution in [2.75, 3.05) is 13.2 Å². The van der Waals surface area contributed by atoms with Gasteiger partial charge in [0, 0.05) is 40.8 Å². The van der Waals surface area contributed by atoms with E-state index in [1.807, 2.05) is 19.1 Å². The van der Waals surface area contributed by atoms with Crippen molar-refractivity contribution < 1.29 is 13.9 Å². The molecule has 1 aliphatic heterocycles. The van der Waals surface area contributed by atoms with Gasteiger partial charge in [-0.05, 0) is 118 Å². The van der Waals surface area contributed by atoms with Crippen LogP contribution in [-0.2, 0) is 11.2 Å². The lowest BCUT2D eigenvalue weighted by molar-refractivity contribution is 0.0661. The predicted molar refractivity (Wildman–Crippen MR) is 208 cm³/mol. The number of ether oxygens (including phenoxy) is 1. The maximum atomic E-state index is 15.9. The summed E-state index contributed by atoms with van der Waals surface area (Å²) in [5.41, 5.74) is 14.3. The molecule has 10 nitrogen and oxygen atoms in total. The molecule has 0 aliphatic carbocycles. The van der Waals surface area contributed by atoms with Gasteiger partial charge < -0.3 is 16.2 Å². The van der Waals surface area contributed by atoms with E-state index >= 15 is 4.39 Å². The van der Waals surface area contributed by atoms with Crippen molar-refractivity contribution in [3.05, 3.63) is 117 Å². The molecule has 3 heterocycles. The van der Waals surface area contributed by atoms with Gasteiger partial charge in [-0.3, -0.25) is 24.2 Å². The molecule has 0 spiro atoms. The number of benzene rings is 3. The number of carbonyl (C=O) groups is 1. The molecule has 2 aromatic heterocycles. The summed E-state index contributed by atoms with van der Waals surface area (Å²) in [4.78, 5) is 34.8. The Labute approximate surface area is 314 Å². The number of halogens is 2. The number of hydrogen-bond donors (Lipinski definition) is 3. The third-order valence-electron chi connectivity index (χ3n) is 10.0. The molecule has 0 radical (unpaired) electrons. The molecule has 0 saturated carbocycles. The number of likely N-dealkylation sites (tertiary alicyclic amines) is 1. The van der Waals surface area contributed by atoms with Crippen LogP contribution in [0.15, 0.2) is 83.8 Å². The van der Waals surface area contributed by atoms with Crippen LogP contribution in [0.1, 0.15) is 86.3 Å². The van der Waals surface area contributed by atoms with Gasteiger partial charge in [-0.15, -0.1) is 0 Å². The van der Waals surface area contributed by atoms with Crippen LogP contribution in [-0.4, -0.2) is 56.2 Å². The van der Waals surface area contributed by atoms with Gasteiger partial charge in [0.1, 0.15) is 0 Å². The maximum absolute atomic E-state index is 15.9. The van der Waals surface area contributed by atoms with Crippen LogP contribution in [0.5, 0.6) is 0 Å². The molecule has 3 aromatic carbocycles. The first-order chi connectivity index (χ1) is 25.5. The first kappa shape index (κ1) is 37.9. The second-order valence-corrected chi connectivity index (χ2v) is 14.4. The van der Waals surface area contributed by atoms with Crippen molar-refractivity contribution in [1.29, 1.82) is 5.41 Å². The molecule has 12 heteroatoms. The maximum Gasteiger partial charge on any atom is 0.354 e. The minimum absolute atomic E-state index is 0.0342. The summed E-state index contributed by atoms with van der Waals surface area (Å²) in [6, 6.07) is 21.9. The van der Waals surface area contributed by atoms with Crippen LogP contribution in [0.25, 0.3) is 28.0 Å². The lowest BCUT2D eigenvalue weighted by Gasteiger charge is -2.42. The average molecular weight is 740 g/mol. The zero-order valence-electron chi connectivity index (χ0n) is 30.2. The van der Waals surface area contributed by atoms with E-state index in [-0.39, 0.29) is 40.0 Å². The zero-order valence-corrected chi connectivity index (χ0v) is 31.0. The fraction of sp³-hybridized carbons (Fsp3) is 0.366. The Hall–Kier alpha value is -4.84. The smallest absolute Gasteiger partial charge is 0.354 e. The van der Waals surface area contributed by atoms with Gasteiger partial charge in [-0.1, -0.05) is 48.9 Å². The van der Waals surface area contributed by atoms with E-state index in [0.717, 1.165) is 62.6 Å². The molecule has 53 heavy (non-hydrogen) atoms. The summed E-state index contributed by atoms with van der Waals surface area (Å²) in [6.45, 7) is 5.45. The second kappa shape index (κ2) is 16.9. The number of nitrogens with one attached hydrogen (secondary N) is 1. The second-order valence-electron chi connectivity index (χ2n) is 13.9. The average Bonchev–Trinajstić information content (AvgIpc) is 3.51. The third kappa shape index (κ3) is 8.53. The zero-order chi connectivity index (χ0) is 37.6. The number of nitrogens with two attached hydrogens (primary N) is 2. The van der Waals surface area contributed by atoms with E-state index in [1.165, 1.54) is 9.13 Å². The third-order valence-corrected chi connectivity index (χ3v) is 10.3. The first-order valence-electron chi connectivity index (χ1n) is 18.4. The number of aromatic nitrogens is 3. The van der Waals surface area contributed by atoms with Crippen molar-refractivity contribution in [1.82, 2.24) is 19.0 Å². The Morgan fingerprint density at radius 3 is 2.57 bits per heavy atom. The molecule has 0 bridgehead atoms. The van der Waals surface area contributed by atoms with Crippen LogP contribution in [0.3, 0.4) is 0 Å². The number of piperidine rings is 1. The molecule has 1 saturated heterocycles. The van der Waals surface area contributed by atoms with E-state index in [9.17, 15) is 9.59 Å². The first-order valence-corrected chi connectivity index (χ1v) is 18.7. The van der Waals surface area contributed by atoms with E-state index in [4.69, 9.17) is 33.2 Å². The summed E-state index contributed by atoms with van der Waals surface area (Å²) in [5, 5.41) is 7.84. The standard InChI is InChI=1S/C41H47ClFN7O3/c1-3-20-48-31(19-21-53-40(45)46)13-8-14-35(48)28-15-17-32(18-16-28)49-25-30-24-36(33-22-27(10-7-9-26(2)44)23-34(42)37(33)43)50(38(30)47-41(49)52)39(51)29-11-5-4-6-12-29/h4-6,11-12,15-18,22-26,31,35H,3,7-10,13-14,19-21,44H2,1-2H3,(H3,45,46)/t26-,31?,35-/m0/s1. The van der Waals surface area contributed by atoms with Gasteiger partial charge in [-0.2, -0.15) is 4.98 Å². The highest BCUT2D eigenvalue weighted by Crippen LogP contribution is 2.37. The Balaban J connectivity index is 1.38. The molecule has 3 atom stereocenters. The molecular formula is C41H47ClFN7O3. The van der Waals surface area contributed by atoms with E-state index < -0.39 is 17.4 Å². The largest absolute Gasteiger partial charge is 0.466 e. The van der Waals surface area contributed by atoms with E-state index in [0.29, 0.717) is 35.7 Å². The van der Waals surface area contributed by atoms with Crippen LogP contribution in [0.2, 0.25) is 5.02 Å². The topological polar surface area (TPSA) is 145 Å². The van der Waals surface area contributed by atoms with Crippen molar-refractivity contribution in [3.63, 3.8) is 0 Å². The highest BCUT2D eigenvalue weighted by Gasteiger charge is 2.31. The SMILES string of the molecule is CCCN1C(CCOC(=N)N)CCC[C@H]1c1ccc(-n2cc3cc(-c4cc(CCC[C@H](C)N)cc(Cl)c4F)n(C(=O)c4ccccc4)c3nc2=O)cc1. The predicted octanol–water partition coefficient (Wildman–Crippen LogP) is 7.61. The molecule has 1 unspecified atom stereocenters. The highest BCUT2D eigenvalue weighted by molar-refractivity contribution is 6.31. The molecule has 5 N–H and O–H groups in total. The molecule has 1 fully saturated rings. The highest BCUT2D eigenvalue weighted by atomic mass is 35.5. The summed E-state index contributed by atoms with van der Waals surface area (Å²) in [6.07, 6.45) is 8.80. The summed E-state index contributed by atoms with van der Waals surface area (Å²) < 4.78 is 23.9. The van der Waals surface area contributed by atoms with Crippen molar-refractivity contribution in [3.8, 4) is 16.9 Å². The summed E-state index contributed by atoms with van der Waals surface area (Å²) in [7, 11) is 0. The van der Waals surface area contributed by atoms with E-state index in [2.05, 4.69) is 28.9 Å². The lowest BCUT2D eigenvalue weighted by Crippen LogP contribution is -2.43. The van der Waals surface area contributed by atoms with Gasteiger partial charge in [0.25, 0.3) is 11.9 Å². The minimum Gasteiger partial charge on any atom is -0.466 e. The lowest BCUT2D eigenvalue weighted by atomic mass is 9.89. The van der Waals surface area contributed by atoms with Crippen LogP contribution < -0.4 is 17.2 Å². The molecule has 278 valence electrons. The van der Waals surface area contributed by atoms with Crippen LogP contribution in [0, 0.1) is 11.2 Å². The van der Waals surface area contributed by atoms with Gasteiger partial charge in [0.15, 0.2) is 11.5 Å². The van der Waals surface area contributed by atoms with Gasteiger partial charge in [-0.25, -0.2) is 9.18 Å². The van der Waals surface area contributed by atoms with Crippen LogP contribution in [0.4, 0.5) is 4.39 Å². The molecule has 6 rings (SSSR count). The summed E-state index contributed by atoms with van der Waals surface area (Å²) in [5.74, 6) is -1.11. The Kier molecular flexibility index (Phi) is 12.1. The van der Waals surface area contributed by atoms with E-state index in [1.54, 1.807) is 54.7 Å². The van der Waals surface area contributed by atoms with Gasteiger partial charge in [0.2, 0.25) is 0 Å². The Morgan fingerprint density at radius 1 is 1.11 bits per heavy atom. The fourth-order valence-electron chi connectivity index (χ4n) is 7.53. The Morgan fingerprint density at radius 2 is 1.87 bits per heavy atom. The molecule has 1 aliphatic rings. The minimum atomic E-state index is -0.660. The molecular weight excluding hydrogens is 693 g/mol. The van der Waals surface area contributed by atoms with Crippen molar-refractivity contribution in [2.24, 2.45) is 11.5 Å². The fourth-order valence-corrected chi connectivity index (χ4v) is 7.77. The number of fused-ring (bicyclic) bond motifs is 1. The quantitative estimate of drug-likeness (QED) is 0.0833. The number of amidine groups is 1. The number of aryl methyl sites for hydroxylation is 1. The van der Waals surface area contributed by atoms with Gasteiger partial charge >= 0.3 is 5.69 Å². The number of nitrogens with zero attached hydrogens (tertiary/aromatic N) is 4. The summed E-state index contributed by atoms with van der Waals surface area (Å²) >= 11 is 6.44. The van der Waals surface area contributed by atoms with Crippen molar-refractivity contribution in [2.45, 2.75) is 83.3 Å². The normalized spacial score (nSPS) is 16.8. The number of rotatable bonds is 13. The molecule has 5 aromatic rings. The van der Waals surface area contributed by atoms with Crippen LogP contribution >= 0.6 is 11.6 Å². The molecule has 0 amide bonds. The monoisotopic (exact) mass is 739 g/mol. The number of hydrogen-bond acceptors (Lipinski definition) is 7. The van der Waals surface area contributed by atoms with Crippen molar-refractivity contribution >= 4 is 34.6 Å².